The lowest BCUT2D eigenvalue weighted by Gasteiger charge is -2.19. The van der Waals surface area contributed by atoms with Gasteiger partial charge >= 0.3 is 6.03 Å². The summed E-state index contributed by atoms with van der Waals surface area (Å²) in [6.45, 7) is 2.29. The van der Waals surface area contributed by atoms with Gasteiger partial charge in [0.15, 0.2) is 11.5 Å². The topological polar surface area (TPSA) is 109 Å². The van der Waals surface area contributed by atoms with Crippen molar-refractivity contribution in [2.45, 2.75) is 6.92 Å². The normalized spacial score (nSPS) is 14.6. The van der Waals surface area contributed by atoms with E-state index in [2.05, 4.69) is 10.6 Å². The highest BCUT2D eigenvalue weighted by molar-refractivity contribution is 6.00. The number of fused-ring (bicyclic) bond motifs is 1. The summed E-state index contributed by atoms with van der Waals surface area (Å²) in [4.78, 5) is 39.8. The van der Waals surface area contributed by atoms with Crippen LogP contribution < -0.4 is 29.7 Å². The van der Waals surface area contributed by atoms with Crippen LogP contribution in [0.5, 0.6) is 17.2 Å². The number of rotatable bonds is 6. The van der Waals surface area contributed by atoms with E-state index in [4.69, 9.17) is 14.2 Å². The van der Waals surface area contributed by atoms with Crippen LogP contribution in [0.2, 0.25) is 0 Å². The van der Waals surface area contributed by atoms with Crippen LogP contribution in [0.4, 0.5) is 21.9 Å². The average molecular weight is 426 g/mol. The van der Waals surface area contributed by atoms with E-state index in [1.54, 1.807) is 41.3 Å². The molecule has 2 N–H and O–H groups in total. The Morgan fingerprint density at radius 1 is 1.06 bits per heavy atom. The maximum atomic E-state index is 12.8. The smallest absolute Gasteiger partial charge is 0.325 e. The standard InChI is InChI=1S/C21H22N4O6/c1-13(26)22-14-3-5-17(29-2)16(9-14)23-20(27)11-24-7-8-25(21(24)28)15-4-6-18-19(10-15)31-12-30-18/h3-6,9-10H,7-8,11-12H2,1-2H3,(H,22,26)(H,23,27). The number of benzene rings is 2. The molecule has 4 amide bonds. The number of carbonyl (C=O) groups excluding carboxylic acids is 3. The van der Waals surface area contributed by atoms with Crippen LogP contribution in [0.15, 0.2) is 36.4 Å². The van der Waals surface area contributed by atoms with Gasteiger partial charge in [-0.25, -0.2) is 4.79 Å². The fourth-order valence-corrected chi connectivity index (χ4v) is 3.47. The van der Waals surface area contributed by atoms with Gasteiger partial charge in [0.05, 0.1) is 12.8 Å². The highest BCUT2D eigenvalue weighted by atomic mass is 16.7. The molecule has 1 fully saturated rings. The summed E-state index contributed by atoms with van der Waals surface area (Å²) in [7, 11) is 1.48. The number of urea groups is 1. The highest BCUT2D eigenvalue weighted by Crippen LogP contribution is 2.36. The monoisotopic (exact) mass is 426 g/mol. The lowest BCUT2D eigenvalue weighted by Crippen LogP contribution is -2.37. The van der Waals surface area contributed by atoms with E-state index in [1.165, 1.54) is 18.9 Å². The Morgan fingerprint density at radius 3 is 2.65 bits per heavy atom. The van der Waals surface area contributed by atoms with Gasteiger partial charge in [0, 0.05) is 37.5 Å². The molecule has 2 aromatic rings. The molecule has 0 atom stereocenters. The van der Waals surface area contributed by atoms with Crippen LogP contribution in [-0.4, -0.2) is 56.3 Å². The van der Waals surface area contributed by atoms with Crippen LogP contribution in [0.3, 0.4) is 0 Å². The molecule has 162 valence electrons. The number of carbonyl (C=O) groups is 3. The predicted molar refractivity (Wildman–Crippen MR) is 113 cm³/mol. The number of methoxy groups -OCH3 is 1. The molecule has 0 radical (unpaired) electrons. The van der Waals surface area contributed by atoms with Crippen LogP contribution in [0.25, 0.3) is 0 Å². The van der Waals surface area contributed by atoms with Crippen molar-refractivity contribution in [3.63, 3.8) is 0 Å². The van der Waals surface area contributed by atoms with Crippen LogP contribution in [0, 0.1) is 0 Å². The minimum Gasteiger partial charge on any atom is -0.495 e. The molecule has 4 rings (SSSR count). The van der Waals surface area contributed by atoms with Crippen molar-refractivity contribution in [1.29, 1.82) is 0 Å². The Balaban J connectivity index is 1.41. The molecular formula is C21H22N4O6. The van der Waals surface area contributed by atoms with E-state index in [0.717, 1.165) is 0 Å². The van der Waals surface area contributed by atoms with Crippen LogP contribution in [0.1, 0.15) is 6.92 Å². The first-order valence-electron chi connectivity index (χ1n) is 9.66. The molecule has 0 aromatic heterocycles. The zero-order valence-corrected chi connectivity index (χ0v) is 17.1. The first kappa shape index (κ1) is 20.3. The maximum Gasteiger partial charge on any atom is 0.325 e. The number of anilines is 3. The van der Waals surface area contributed by atoms with E-state index in [0.29, 0.717) is 47.4 Å². The molecule has 2 aromatic carbocycles. The van der Waals surface area contributed by atoms with Gasteiger partial charge in [-0.05, 0) is 30.3 Å². The van der Waals surface area contributed by atoms with E-state index < -0.39 is 0 Å². The Hall–Kier alpha value is -3.95. The minimum absolute atomic E-state index is 0.118. The zero-order chi connectivity index (χ0) is 22.0. The number of hydrogen-bond donors (Lipinski definition) is 2. The number of hydrogen-bond acceptors (Lipinski definition) is 6. The highest BCUT2D eigenvalue weighted by Gasteiger charge is 2.32. The van der Waals surface area contributed by atoms with Gasteiger partial charge < -0.3 is 29.7 Å². The third-order valence-corrected chi connectivity index (χ3v) is 4.89. The Morgan fingerprint density at radius 2 is 1.87 bits per heavy atom. The van der Waals surface area contributed by atoms with Crippen LogP contribution in [-0.2, 0) is 9.59 Å². The number of ether oxygens (including phenoxy) is 3. The molecule has 10 nitrogen and oxygen atoms in total. The number of amides is 4. The molecule has 0 aliphatic carbocycles. The SMILES string of the molecule is COc1ccc(NC(C)=O)cc1NC(=O)CN1CCN(c2ccc3c(c2)OCO3)C1=O. The summed E-state index contributed by atoms with van der Waals surface area (Å²) in [5.41, 5.74) is 1.61. The van der Waals surface area contributed by atoms with Crippen molar-refractivity contribution in [2.24, 2.45) is 0 Å². The van der Waals surface area contributed by atoms with Gasteiger partial charge in [-0.3, -0.25) is 14.5 Å². The zero-order valence-electron chi connectivity index (χ0n) is 17.1. The van der Waals surface area contributed by atoms with Gasteiger partial charge in [-0.15, -0.1) is 0 Å². The van der Waals surface area contributed by atoms with E-state index in [9.17, 15) is 14.4 Å². The molecule has 2 heterocycles. The van der Waals surface area contributed by atoms with Gasteiger partial charge in [-0.2, -0.15) is 0 Å². The molecule has 2 aliphatic heterocycles. The summed E-state index contributed by atoms with van der Waals surface area (Å²) in [5, 5.41) is 5.40. The number of nitrogens with zero attached hydrogens (tertiary/aromatic N) is 2. The molecule has 0 bridgehead atoms. The molecule has 1 saturated heterocycles. The van der Waals surface area contributed by atoms with Crippen molar-refractivity contribution in [1.82, 2.24) is 4.90 Å². The van der Waals surface area contributed by atoms with E-state index in [1.807, 2.05) is 0 Å². The Bertz CT molecular complexity index is 1040. The summed E-state index contributed by atoms with van der Waals surface area (Å²) in [6.07, 6.45) is 0. The fraction of sp³-hybridized carbons (Fsp3) is 0.286. The van der Waals surface area contributed by atoms with Gasteiger partial charge in [0.25, 0.3) is 0 Å². The lowest BCUT2D eigenvalue weighted by molar-refractivity contribution is -0.116. The van der Waals surface area contributed by atoms with Gasteiger partial charge in [0.1, 0.15) is 12.3 Å². The fourth-order valence-electron chi connectivity index (χ4n) is 3.47. The summed E-state index contributed by atoms with van der Waals surface area (Å²) in [6, 6.07) is 9.94. The molecule has 0 spiro atoms. The quantitative estimate of drug-likeness (QED) is 0.733. The van der Waals surface area contributed by atoms with Crippen molar-refractivity contribution in [2.75, 3.05) is 49.1 Å². The Labute approximate surface area is 178 Å². The lowest BCUT2D eigenvalue weighted by atomic mass is 10.2. The molecule has 0 unspecified atom stereocenters. The summed E-state index contributed by atoms with van der Waals surface area (Å²) in [5.74, 6) is 1.07. The first-order chi connectivity index (χ1) is 14.9. The second-order valence-electron chi connectivity index (χ2n) is 7.04. The van der Waals surface area contributed by atoms with Crippen molar-refractivity contribution < 1.29 is 28.6 Å². The summed E-state index contributed by atoms with van der Waals surface area (Å²) < 4.78 is 15.9. The first-order valence-corrected chi connectivity index (χ1v) is 9.66. The molecule has 31 heavy (non-hydrogen) atoms. The van der Waals surface area contributed by atoms with Crippen molar-refractivity contribution in [3.8, 4) is 17.2 Å². The molecule has 0 saturated carbocycles. The van der Waals surface area contributed by atoms with Gasteiger partial charge in [0.2, 0.25) is 18.6 Å². The van der Waals surface area contributed by atoms with Crippen molar-refractivity contribution in [3.05, 3.63) is 36.4 Å². The van der Waals surface area contributed by atoms with E-state index >= 15 is 0 Å². The Kier molecular flexibility index (Phi) is 5.52. The molecule has 2 aliphatic rings. The number of nitrogens with one attached hydrogen (secondary N) is 2. The second kappa shape index (κ2) is 8.42. The summed E-state index contributed by atoms with van der Waals surface area (Å²) >= 11 is 0. The largest absolute Gasteiger partial charge is 0.495 e. The van der Waals surface area contributed by atoms with Crippen molar-refractivity contribution >= 4 is 34.9 Å². The van der Waals surface area contributed by atoms with E-state index in [-0.39, 0.29) is 31.2 Å². The molecular weight excluding hydrogens is 404 g/mol. The predicted octanol–water partition coefficient (Wildman–Crippen LogP) is 2.26. The third kappa shape index (κ3) is 4.32. The third-order valence-electron chi connectivity index (χ3n) is 4.89. The van der Waals surface area contributed by atoms with Gasteiger partial charge in [-0.1, -0.05) is 0 Å². The average Bonchev–Trinajstić information content (AvgIpc) is 3.34. The molecule has 10 heteroatoms. The van der Waals surface area contributed by atoms with Crippen LogP contribution >= 0.6 is 0 Å². The minimum atomic E-state index is -0.376. The second-order valence-corrected chi connectivity index (χ2v) is 7.04. The maximum absolute atomic E-state index is 12.8.